The highest BCUT2D eigenvalue weighted by Crippen LogP contribution is 2.37. The largest absolute Gasteiger partial charge is 0.338 e. The molecular formula is C15H18FN3O. The van der Waals surface area contributed by atoms with Crippen molar-refractivity contribution < 1.29 is 8.91 Å². The molecule has 0 saturated carbocycles. The molecule has 1 aliphatic rings. The number of nitrogens with one attached hydrogen (secondary N) is 1. The summed E-state index contributed by atoms with van der Waals surface area (Å²) in [6.07, 6.45) is 0.982. The lowest BCUT2D eigenvalue weighted by atomic mass is 9.76. The van der Waals surface area contributed by atoms with Crippen molar-refractivity contribution in [2.75, 3.05) is 13.1 Å². The van der Waals surface area contributed by atoms with Crippen molar-refractivity contribution in [3.63, 3.8) is 0 Å². The molecule has 0 bridgehead atoms. The number of aromatic nitrogens is 2. The molecule has 2 heterocycles. The van der Waals surface area contributed by atoms with Crippen LogP contribution in [0.3, 0.4) is 0 Å². The van der Waals surface area contributed by atoms with Gasteiger partial charge in [-0.15, -0.1) is 0 Å². The molecule has 20 heavy (non-hydrogen) atoms. The van der Waals surface area contributed by atoms with E-state index in [-0.39, 0.29) is 11.2 Å². The predicted molar refractivity (Wildman–Crippen MR) is 73.7 cm³/mol. The number of hydrogen-bond donors (Lipinski definition) is 1. The third-order valence-electron chi connectivity index (χ3n) is 4.23. The van der Waals surface area contributed by atoms with E-state index in [2.05, 4.69) is 29.3 Å². The summed E-state index contributed by atoms with van der Waals surface area (Å²) in [6.45, 7) is 6.13. The smallest absolute Gasteiger partial charge is 0.234 e. The summed E-state index contributed by atoms with van der Waals surface area (Å²) >= 11 is 0. The quantitative estimate of drug-likeness (QED) is 0.935. The van der Waals surface area contributed by atoms with Gasteiger partial charge in [0.1, 0.15) is 5.82 Å². The van der Waals surface area contributed by atoms with Gasteiger partial charge in [-0.2, -0.15) is 4.98 Å². The molecule has 1 saturated heterocycles. The van der Waals surface area contributed by atoms with E-state index in [9.17, 15) is 4.39 Å². The molecule has 1 fully saturated rings. The highest BCUT2D eigenvalue weighted by Gasteiger charge is 2.43. The van der Waals surface area contributed by atoms with Crippen LogP contribution in [-0.2, 0) is 5.41 Å². The number of rotatable bonds is 3. The zero-order valence-electron chi connectivity index (χ0n) is 11.7. The summed E-state index contributed by atoms with van der Waals surface area (Å²) in [5.74, 6) is 1.21. The summed E-state index contributed by atoms with van der Waals surface area (Å²) in [5.41, 5.74) is 0.531. The molecule has 0 radical (unpaired) electrons. The summed E-state index contributed by atoms with van der Waals surface area (Å²) in [5, 5.41) is 7.38. The third kappa shape index (κ3) is 2.12. The first-order valence-electron chi connectivity index (χ1n) is 6.93. The number of halogens is 1. The van der Waals surface area contributed by atoms with Gasteiger partial charge in [-0.1, -0.05) is 31.1 Å². The van der Waals surface area contributed by atoms with Gasteiger partial charge in [0.15, 0.2) is 0 Å². The maximum Gasteiger partial charge on any atom is 0.234 e. The monoisotopic (exact) mass is 275 g/mol. The molecule has 1 atom stereocenters. The van der Waals surface area contributed by atoms with Crippen LogP contribution in [0.1, 0.15) is 26.2 Å². The van der Waals surface area contributed by atoms with Crippen LogP contribution in [0.25, 0.3) is 11.4 Å². The van der Waals surface area contributed by atoms with Crippen LogP contribution in [-0.4, -0.2) is 23.2 Å². The molecule has 0 amide bonds. The Morgan fingerprint density at radius 1 is 1.40 bits per heavy atom. The molecule has 5 heteroatoms. The Labute approximate surface area is 117 Å². The first kappa shape index (κ1) is 13.2. The lowest BCUT2D eigenvalue weighted by Gasteiger charge is -2.27. The highest BCUT2D eigenvalue weighted by atomic mass is 19.1. The Morgan fingerprint density at radius 2 is 2.25 bits per heavy atom. The molecule has 1 aromatic carbocycles. The molecule has 0 spiro atoms. The number of nitrogens with zero attached hydrogens (tertiary/aromatic N) is 2. The summed E-state index contributed by atoms with van der Waals surface area (Å²) < 4.78 is 18.8. The zero-order chi connectivity index (χ0) is 14.2. The predicted octanol–water partition coefficient (Wildman–Crippen LogP) is 2.76. The third-order valence-corrected chi connectivity index (χ3v) is 4.23. The topological polar surface area (TPSA) is 51.0 Å². The van der Waals surface area contributed by atoms with Crippen molar-refractivity contribution in [1.29, 1.82) is 0 Å². The molecule has 1 aromatic heterocycles. The van der Waals surface area contributed by atoms with E-state index in [1.54, 1.807) is 12.1 Å². The maximum absolute atomic E-state index is 13.3. The Hall–Kier alpha value is -1.75. The van der Waals surface area contributed by atoms with Crippen LogP contribution in [0.4, 0.5) is 4.39 Å². The van der Waals surface area contributed by atoms with E-state index in [1.807, 2.05) is 0 Å². The number of hydrogen-bond acceptors (Lipinski definition) is 4. The fourth-order valence-corrected chi connectivity index (χ4v) is 2.80. The van der Waals surface area contributed by atoms with Crippen LogP contribution in [0.5, 0.6) is 0 Å². The molecule has 4 nitrogen and oxygen atoms in total. The van der Waals surface area contributed by atoms with Crippen molar-refractivity contribution in [1.82, 2.24) is 15.5 Å². The van der Waals surface area contributed by atoms with Gasteiger partial charge in [0.05, 0.1) is 5.41 Å². The molecule has 1 N–H and O–H groups in total. The van der Waals surface area contributed by atoms with Gasteiger partial charge in [0.25, 0.3) is 0 Å². The van der Waals surface area contributed by atoms with E-state index < -0.39 is 0 Å². The lowest BCUT2D eigenvalue weighted by molar-refractivity contribution is 0.234. The van der Waals surface area contributed by atoms with Crippen molar-refractivity contribution in [2.24, 2.45) is 5.92 Å². The molecule has 106 valence electrons. The van der Waals surface area contributed by atoms with Gasteiger partial charge in [-0.25, -0.2) is 4.39 Å². The van der Waals surface area contributed by atoms with E-state index in [4.69, 9.17) is 4.52 Å². The second kappa shape index (κ2) is 4.98. The first-order chi connectivity index (χ1) is 9.62. The molecular weight excluding hydrogens is 257 g/mol. The summed E-state index contributed by atoms with van der Waals surface area (Å²) in [4.78, 5) is 4.51. The lowest BCUT2D eigenvalue weighted by Crippen LogP contribution is -2.35. The second-order valence-corrected chi connectivity index (χ2v) is 5.67. The van der Waals surface area contributed by atoms with Crippen molar-refractivity contribution in [3.8, 4) is 11.4 Å². The van der Waals surface area contributed by atoms with Crippen molar-refractivity contribution in [2.45, 2.75) is 25.7 Å². The number of benzene rings is 1. The van der Waals surface area contributed by atoms with Gasteiger partial charge < -0.3 is 9.84 Å². The average molecular weight is 275 g/mol. The Kier molecular flexibility index (Phi) is 3.30. The minimum absolute atomic E-state index is 0.113. The molecule has 0 aliphatic carbocycles. The molecule has 1 aliphatic heterocycles. The Balaban J connectivity index is 1.97. The molecule has 2 aromatic rings. The van der Waals surface area contributed by atoms with E-state index in [0.717, 1.165) is 19.5 Å². The molecule has 3 rings (SSSR count). The maximum atomic E-state index is 13.3. The van der Waals surface area contributed by atoms with Gasteiger partial charge in [-0.05, 0) is 31.0 Å². The average Bonchev–Trinajstić information content (AvgIpc) is 3.08. The zero-order valence-corrected chi connectivity index (χ0v) is 11.7. The normalized spacial score (nSPS) is 22.6. The minimum atomic E-state index is -0.296. The summed E-state index contributed by atoms with van der Waals surface area (Å²) in [7, 11) is 0. The van der Waals surface area contributed by atoms with E-state index in [0.29, 0.717) is 23.2 Å². The second-order valence-electron chi connectivity index (χ2n) is 5.67. The van der Waals surface area contributed by atoms with Gasteiger partial charge in [-0.3, -0.25) is 0 Å². The van der Waals surface area contributed by atoms with Crippen LogP contribution in [0.2, 0.25) is 0 Å². The first-order valence-corrected chi connectivity index (χ1v) is 6.93. The fourth-order valence-electron chi connectivity index (χ4n) is 2.80. The summed E-state index contributed by atoms with van der Waals surface area (Å²) in [6, 6.07) is 6.26. The SMILES string of the molecule is CC(C)C1(c2nc(-c3cccc(F)c3)no2)CCNC1. The standard InChI is InChI=1S/C15H18FN3O/c1-10(2)15(6-7-17-9-15)14-18-13(19-20-14)11-4-3-5-12(16)8-11/h3-5,8,10,17H,6-7,9H2,1-2H3. The molecule has 1 unspecified atom stereocenters. The van der Waals surface area contributed by atoms with Gasteiger partial charge in [0.2, 0.25) is 11.7 Å². The van der Waals surface area contributed by atoms with E-state index >= 15 is 0 Å². The van der Waals surface area contributed by atoms with E-state index in [1.165, 1.54) is 12.1 Å². The van der Waals surface area contributed by atoms with Crippen LogP contribution in [0.15, 0.2) is 28.8 Å². The Morgan fingerprint density at radius 3 is 2.90 bits per heavy atom. The van der Waals surface area contributed by atoms with Crippen molar-refractivity contribution >= 4 is 0 Å². The Bertz CT molecular complexity index is 603. The van der Waals surface area contributed by atoms with Crippen LogP contribution >= 0.6 is 0 Å². The fraction of sp³-hybridized carbons (Fsp3) is 0.467. The van der Waals surface area contributed by atoms with Crippen LogP contribution < -0.4 is 5.32 Å². The minimum Gasteiger partial charge on any atom is -0.338 e. The highest BCUT2D eigenvalue weighted by molar-refractivity contribution is 5.54. The van der Waals surface area contributed by atoms with Gasteiger partial charge in [0, 0.05) is 12.1 Å². The van der Waals surface area contributed by atoms with Gasteiger partial charge >= 0.3 is 0 Å². The van der Waals surface area contributed by atoms with Crippen LogP contribution in [0, 0.1) is 11.7 Å². The van der Waals surface area contributed by atoms with Crippen molar-refractivity contribution in [3.05, 3.63) is 36.0 Å².